The second-order valence-corrected chi connectivity index (χ2v) is 4.80. The molecule has 0 unspecified atom stereocenters. The van der Waals surface area contributed by atoms with Crippen LogP contribution in [0.25, 0.3) is 0 Å². The maximum Gasteiger partial charge on any atom is 0.272 e. The Labute approximate surface area is 121 Å². The highest BCUT2D eigenvalue weighted by molar-refractivity contribution is 6.06. The van der Waals surface area contributed by atoms with Crippen LogP contribution in [0, 0.1) is 24.0 Å². The highest BCUT2D eigenvalue weighted by Crippen LogP contribution is 2.22. The molecule has 0 aliphatic carbocycles. The number of nitro benzene ring substituents is 1. The summed E-state index contributed by atoms with van der Waals surface area (Å²) in [7, 11) is 0. The van der Waals surface area contributed by atoms with Gasteiger partial charge in [-0.25, -0.2) is 0 Å². The predicted molar refractivity (Wildman–Crippen MR) is 81.4 cm³/mol. The Morgan fingerprint density at radius 3 is 2.52 bits per heavy atom. The Bertz CT molecular complexity index is 726. The van der Waals surface area contributed by atoms with Crippen molar-refractivity contribution in [2.24, 2.45) is 0 Å². The number of amides is 1. The molecule has 6 heteroatoms. The fourth-order valence-electron chi connectivity index (χ4n) is 1.97. The summed E-state index contributed by atoms with van der Waals surface area (Å²) >= 11 is 0. The van der Waals surface area contributed by atoms with Crippen molar-refractivity contribution in [2.45, 2.75) is 13.8 Å². The van der Waals surface area contributed by atoms with Crippen LogP contribution >= 0.6 is 0 Å². The fourth-order valence-corrected chi connectivity index (χ4v) is 1.97. The minimum atomic E-state index is -0.477. The van der Waals surface area contributed by atoms with Crippen LogP contribution in [0.1, 0.15) is 21.5 Å². The van der Waals surface area contributed by atoms with E-state index in [9.17, 15) is 14.9 Å². The van der Waals surface area contributed by atoms with Gasteiger partial charge in [-0.2, -0.15) is 0 Å². The van der Waals surface area contributed by atoms with Crippen molar-refractivity contribution in [3.05, 3.63) is 63.2 Å². The molecule has 0 saturated carbocycles. The Balaban J connectivity index is 2.26. The highest BCUT2D eigenvalue weighted by atomic mass is 16.6. The Morgan fingerprint density at radius 1 is 1.19 bits per heavy atom. The summed E-state index contributed by atoms with van der Waals surface area (Å²) in [5.74, 6) is -0.356. The van der Waals surface area contributed by atoms with E-state index < -0.39 is 4.92 Å². The average Bonchev–Trinajstić information content (AvgIpc) is 2.42. The molecule has 0 spiro atoms. The largest absolute Gasteiger partial charge is 0.397 e. The van der Waals surface area contributed by atoms with Gasteiger partial charge in [-0.05, 0) is 43.7 Å². The van der Waals surface area contributed by atoms with Gasteiger partial charge >= 0.3 is 0 Å². The molecule has 0 aliphatic heterocycles. The van der Waals surface area contributed by atoms with Crippen LogP contribution in [0.4, 0.5) is 17.1 Å². The van der Waals surface area contributed by atoms with E-state index in [2.05, 4.69) is 5.32 Å². The van der Waals surface area contributed by atoms with Crippen molar-refractivity contribution < 1.29 is 9.72 Å². The zero-order valence-corrected chi connectivity index (χ0v) is 11.7. The van der Waals surface area contributed by atoms with Gasteiger partial charge in [0.2, 0.25) is 0 Å². The van der Waals surface area contributed by atoms with E-state index in [4.69, 9.17) is 5.73 Å². The molecule has 108 valence electrons. The number of aryl methyl sites for hydroxylation is 2. The molecule has 0 aliphatic rings. The van der Waals surface area contributed by atoms with Crippen molar-refractivity contribution in [2.75, 3.05) is 11.1 Å². The number of rotatable bonds is 3. The molecule has 21 heavy (non-hydrogen) atoms. The molecule has 2 rings (SSSR count). The normalized spacial score (nSPS) is 10.2. The van der Waals surface area contributed by atoms with Crippen molar-refractivity contribution in [3.8, 4) is 0 Å². The molecule has 0 saturated heterocycles. The van der Waals surface area contributed by atoms with Gasteiger partial charge in [0.25, 0.3) is 11.6 Å². The number of carbonyl (C=O) groups is 1. The summed E-state index contributed by atoms with van der Waals surface area (Å²) in [6.45, 7) is 3.49. The second kappa shape index (κ2) is 5.62. The number of nitrogen functional groups attached to an aromatic ring is 1. The number of nitrogens with zero attached hydrogens (tertiary/aromatic N) is 1. The quantitative estimate of drug-likeness (QED) is 0.514. The van der Waals surface area contributed by atoms with Crippen molar-refractivity contribution in [3.63, 3.8) is 0 Å². The lowest BCUT2D eigenvalue weighted by atomic mass is 10.1. The smallest absolute Gasteiger partial charge is 0.272 e. The van der Waals surface area contributed by atoms with Crippen LogP contribution in [0.5, 0.6) is 0 Å². The number of anilines is 2. The molecule has 0 aromatic heterocycles. The van der Waals surface area contributed by atoms with Gasteiger partial charge in [0, 0.05) is 17.2 Å². The van der Waals surface area contributed by atoms with E-state index in [-0.39, 0.29) is 11.6 Å². The lowest BCUT2D eigenvalue weighted by Gasteiger charge is -2.09. The molecule has 0 atom stereocenters. The van der Waals surface area contributed by atoms with Gasteiger partial charge in [-0.3, -0.25) is 14.9 Å². The second-order valence-electron chi connectivity index (χ2n) is 4.80. The third-order valence-corrected chi connectivity index (χ3v) is 3.11. The minimum Gasteiger partial charge on any atom is -0.397 e. The molecule has 0 heterocycles. The number of hydrogen-bond donors (Lipinski definition) is 2. The summed E-state index contributed by atoms with van der Waals surface area (Å²) < 4.78 is 0. The first-order chi connectivity index (χ1) is 9.88. The highest BCUT2D eigenvalue weighted by Gasteiger charge is 2.14. The van der Waals surface area contributed by atoms with Crippen LogP contribution in [0.3, 0.4) is 0 Å². The number of hydrogen-bond acceptors (Lipinski definition) is 4. The van der Waals surface area contributed by atoms with Crippen LogP contribution in [0.2, 0.25) is 0 Å². The van der Waals surface area contributed by atoms with Crippen molar-refractivity contribution in [1.82, 2.24) is 0 Å². The molecule has 1 amide bonds. The molecule has 0 bridgehead atoms. The van der Waals surface area contributed by atoms with E-state index in [1.807, 2.05) is 13.0 Å². The molecular formula is C15H15N3O3. The van der Waals surface area contributed by atoms with Crippen LogP contribution in [0.15, 0.2) is 36.4 Å². The number of carbonyl (C=O) groups excluding carboxylic acids is 1. The summed E-state index contributed by atoms with van der Waals surface area (Å²) in [6.07, 6.45) is 0. The Kier molecular flexibility index (Phi) is 3.89. The predicted octanol–water partition coefficient (Wildman–Crippen LogP) is 3.05. The summed E-state index contributed by atoms with van der Waals surface area (Å²) in [5.41, 5.74) is 8.54. The molecule has 3 N–H and O–H groups in total. The number of nitro groups is 1. The first kappa shape index (κ1) is 14.5. The first-order valence-electron chi connectivity index (χ1n) is 6.31. The number of benzene rings is 2. The van der Waals surface area contributed by atoms with Crippen LogP contribution < -0.4 is 11.1 Å². The summed E-state index contributed by atoms with van der Waals surface area (Å²) in [5, 5.41) is 13.5. The first-order valence-corrected chi connectivity index (χ1v) is 6.31. The zero-order valence-electron chi connectivity index (χ0n) is 11.7. The minimum absolute atomic E-state index is 0.0124. The SMILES string of the molecule is Cc1ccc(N)c(NC(=O)c2ccc([N+](=O)[O-])c(C)c2)c1. The molecular weight excluding hydrogens is 270 g/mol. The monoisotopic (exact) mass is 285 g/mol. The summed E-state index contributed by atoms with van der Waals surface area (Å²) in [4.78, 5) is 22.5. The Morgan fingerprint density at radius 2 is 1.90 bits per heavy atom. The molecule has 2 aromatic rings. The third-order valence-electron chi connectivity index (χ3n) is 3.11. The summed E-state index contributed by atoms with van der Waals surface area (Å²) in [6, 6.07) is 9.56. The fraction of sp³-hybridized carbons (Fsp3) is 0.133. The lowest BCUT2D eigenvalue weighted by Crippen LogP contribution is -2.13. The van der Waals surface area contributed by atoms with Gasteiger partial charge in [0.1, 0.15) is 0 Å². The number of nitrogens with two attached hydrogens (primary N) is 1. The third kappa shape index (κ3) is 3.17. The maximum absolute atomic E-state index is 12.2. The molecule has 2 aromatic carbocycles. The maximum atomic E-state index is 12.2. The van der Waals surface area contributed by atoms with E-state index in [1.165, 1.54) is 18.2 Å². The van der Waals surface area contributed by atoms with Crippen molar-refractivity contribution in [1.29, 1.82) is 0 Å². The topological polar surface area (TPSA) is 98.3 Å². The lowest BCUT2D eigenvalue weighted by molar-refractivity contribution is -0.385. The van der Waals surface area contributed by atoms with E-state index in [0.29, 0.717) is 22.5 Å². The molecule has 6 nitrogen and oxygen atoms in total. The van der Waals surface area contributed by atoms with Gasteiger partial charge in [-0.1, -0.05) is 6.07 Å². The molecule has 0 radical (unpaired) electrons. The van der Waals surface area contributed by atoms with Crippen LogP contribution in [-0.4, -0.2) is 10.8 Å². The standard InChI is InChI=1S/C15H15N3O3/c1-9-3-5-12(16)13(7-9)17-15(19)11-4-6-14(18(20)21)10(2)8-11/h3-8H,16H2,1-2H3,(H,17,19). The van der Waals surface area contributed by atoms with E-state index >= 15 is 0 Å². The van der Waals surface area contributed by atoms with E-state index in [1.54, 1.807) is 19.1 Å². The Hall–Kier alpha value is -2.89. The van der Waals surface area contributed by atoms with Gasteiger partial charge < -0.3 is 11.1 Å². The van der Waals surface area contributed by atoms with Crippen molar-refractivity contribution >= 4 is 23.0 Å². The van der Waals surface area contributed by atoms with Gasteiger partial charge in [-0.15, -0.1) is 0 Å². The molecule has 0 fully saturated rings. The number of nitrogens with one attached hydrogen (secondary N) is 1. The van der Waals surface area contributed by atoms with Gasteiger partial charge in [0.15, 0.2) is 0 Å². The zero-order chi connectivity index (χ0) is 15.6. The van der Waals surface area contributed by atoms with E-state index in [0.717, 1.165) is 5.56 Å². The van der Waals surface area contributed by atoms with Crippen LogP contribution in [-0.2, 0) is 0 Å². The average molecular weight is 285 g/mol. The van der Waals surface area contributed by atoms with Gasteiger partial charge in [0.05, 0.1) is 16.3 Å².